The second-order valence-electron chi connectivity index (χ2n) is 26.5. The first kappa shape index (κ1) is 63.1. The van der Waals surface area contributed by atoms with Crippen molar-refractivity contribution in [2.24, 2.45) is 53.3 Å². The number of ether oxygens (including phenoxy) is 3. The molecule has 0 spiro atoms. The van der Waals surface area contributed by atoms with Gasteiger partial charge in [0.15, 0.2) is 5.69 Å². The molecule has 9 aliphatic rings. The predicted molar refractivity (Wildman–Crippen MR) is 350 cm³/mol. The van der Waals surface area contributed by atoms with E-state index < -0.39 is 0 Å². The molecule has 3 fully saturated rings. The molecule has 3 amide bonds. The molecule has 93 heavy (non-hydrogen) atoms. The Morgan fingerprint density at radius 1 is 0.398 bits per heavy atom. The summed E-state index contributed by atoms with van der Waals surface area (Å²) >= 11 is 0. The van der Waals surface area contributed by atoms with Crippen LogP contribution in [-0.4, -0.2) is 103 Å². The largest absolute Gasteiger partial charge is 0.466 e. The molecular formula is C75H87N9O9. The van der Waals surface area contributed by atoms with E-state index in [-0.39, 0.29) is 107 Å². The summed E-state index contributed by atoms with van der Waals surface area (Å²) in [6.07, 6.45) is 27.4. The van der Waals surface area contributed by atoms with Gasteiger partial charge in [-0.2, -0.15) is 15.3 Å². The van der Waals surface area contributed by atoms with Crippen LogP contribution < -0.4 is 16.0 Å². The van der Waals surface area contributed by atoms with Crippen LogP contribution in [0.25, 0.3) is 0 Å². The first-order valence-electron chi connectivity index (χ1n) is 34.3. The van der Waals surface area contributed by atoms with Crippen LogP contribution in [0.4, 0.5) is 0 Å². The van der Waals surface area contributed by atoms with Gasteiger partial charge in [0.25, 0.3) is 17.7 Å². The van der Waals surface area contributed by atoms with E-state index in [0.717, 1.165) is 136 Å². The Bertz CT molecular complexity index is 3640. The van der Waals surface area contributed by atoms with Crippen LogP contribution in [0.3, 0.4) is 0 Å². The maximum atomic E-state index is 13.6. The lowest BCUT2D eigenvalue weighted by molar-refractivity contribution is -0.150. The minimum atomic E-state index is -0.305. The Hall–Kier alpha value is -8.67. The van der Waals surface area contributed by atoms with E-state index in [1.807, 2.05) is 89.4 Å². The Labute approximate surface area is 544 Å². The van der Waals surface area contributed by atoms with Crippen LogP contribution in [0.2, 0.25) is 0 Å². The summed E-state index contributed by atoms with van der Waals surface area (Å²) in [4.78, 5) is 78.4. The molecule has 0 aliphatic heterocycles. The summed E-state index contributed by atoms with van der Waals surface area (Å²) in [5.74, 6) is -0.922. The molecule has 6 unspecified atom stereocenters. The molecule has 6 bridgehead atoms. The van der Waals surface area contributed by atoms with E-state index in [9.17, 15) is 28.8 Å². The van der Waals surface area contributed by atoms with Gasteiger partial charge in [0.2, 0.25) is 0 Å². The van der Waals surface area contributed by atoms with Crippen LogP contribution in [0.1, 0.15) is 160 Å². The third-order valence-corrected chi connectivity index (χ3v) is 20.8. The number of rotatable bonds is 18. The number of esters is 3. The zero-order valence-electron chi connectivity index (χ0n) is 53.8. The van der Waals surface area contributed by atoms with Gasteiger partial charge in [-0.25, -0.2) is 0 Å². The van der Waals surface area contributed by atoms with Gasteiger partial charge in [0.05, 0.1) is 68.6 Å². The summed E-state index contributed by atoms with van der Waals surface area (Å²) in [7, 11) is 0. The highest BCUT2D eigenvalue weighted by Gasteiger charge is 2.53. The molecule has 6 aromatic rings. The standard InChI is InChI=1S/3C25H29N3O3/c1-2-31-25(30)21-17-12-13-18(14-17)22(21)26-24(29)23-19-10-6-7-11-20(19)28(27-23)15-16-8-4-3-5-9-16;2*1-2-31-25(30)21-17-12-13-18(14-17)22(21)26-24(29)23-19-10-6-7-11-20(19)27-28(23)15-16-8-4-3-5-9-16/h3*3-5,8-9,12-13,17-18,21-22H,2,6-7,10-11,14-15H2,1H3,(H,26,29)/t3*17?,18?,21-,22+/m010/s1. The quantitative estimate of drug-likeness (QED) is 0.0416. The highest BCUT2D eigenvalue weighted by Crippen LogP contribution is 2.47. The van der Waals surface area contributed by atoms with Crippen molar-refractivity contribution in [2.75, 3.05) is 19.8 Å². The Morgan fingerprint density at radius 3 is 1.12 bits per heavy atom. The van der Waals surface area contributed by atoms with E-state index >= 15 is 0 Å². The predicted octanol–water partition coefficient (Wildman–Crippen LogP) is 9.88. The number of allylic oxidation sites excluding steroid dienone is 3. The molecule has 3 aromatic carbocycles. The molecule has 3 heterocycles. The SMILES string of the molecule is CCOC(=O)[C@@H]1C2C=CC(C2)[C@@H]1NC(=O)c1c2c(nn1Cc1ccccc1)CCCC2.CCOC(=O)[C@H]1C2C=CC(C2)[C@H]1NC(=O)c1c2c(nn1Cc1ccccc1)CCCC2.CCOC(=O)[C@H]1C2C=CC(C2)[C@H]1NC(=O)c1nn(Cc2ccccc2)c2c1CCCC2. The van der Waals surface area contributed by atoms with Gasteiger partial charge in [-0.15, -0.1) is 0 Å². The lowest BCUT2D eigenvalue weighted by Crippen LogP contribution is -2.47. The lowest BCUT2D eigenvalue weighted by atomic mass is 9.88. The van der Waals surface area contributed by atoms with Crippen molar-refractivity contribution in [2.45, 2.75) is 155 Å². The van der Waals surface area contributed by atoms with Gasteiger partial charge in [0.1, 0.15) is 11.4 Å². The molecule has 9 aliphatic carbocycles. The van der Waals surface area contributed by atoms with Crippen LogP contribution >= 0.6 is 0 Å². The van der Waals surface area contributed by atoms with E-state index in [2.05, 4.69) is 88.8 Å². The molecule has 3 aromatic heterocycles. The van der Waals surface area contributed by atoms with Gasteiger partial charge in [-0.3, -0.25) is 42.8 Å². The molecule has 15 rings (SSSR count). The molecular weight excluding hydrogens is 1170 g/mol. The molecule has 3 N–H and O–H groups in total. The fraction of sp³-hybridized carbons (Fsp3) is 0.480. The number of fused-ring (bicyclic) bond motifs is 9. The monoisotopic (exact) mass is 1260 g/mol. The van der Waals surface area contributed by atoms with Crippen LogP contribution in [0, 0.1) is 53.3 Å². The maximum Gasteiger partial charge on any atom is 0.311 e. The van der Waals surface area contributed by atoms with Crippen molar-refractivity contribution >= 4 is 35.6 Å². The average Bonchev–Trinajstić information content (AvgIpc) is 1.65. The first-order chi connectivity index (χ1) is 45.5. The number of nitrogens with zero attached hydrogens (tertiary/aromatic N) is 6. The number of hydrogen-bond donors (Lipinski definition) is 3. The summed E-state index contributed by atoms with van der Waals surface area (Å²) in [6.45, 7) is 8.32. The van der Waals surface area contributed by atoms with E-state index in [1.54, 1.807) is 0 Å². The fourth-order valence-electron chi connectivity index (χ4n) is 16.6. The van der Waals surface area contributed by atoms with Crippen molar-refractivity contribution < 1.29 is 43.0 Å². The van der Waals surface area contributed by atoms with Crippen LogP contribution in [0.5, 0.6) is 0 Å². The molecule has 18 heteroatoms. The van der Waals surface area contributed by atoms with Gasteiger partial charge in [-0.05, 0) is 169 Å². The first-order valence-corrected chi connectivity index (χ1v) is 34.3. The second kappa shape index (κ2) is 28.3. The highest BCUT2D eigenvalue weighted by atomic mass is 16.5. The lowest BCUT2D eigenvalue weighted by Gasteiger charge is -2.27. The number of amides is 3. The number of nitrogens with one attached hydrogen (secondary N) is 3. The summed E-state index contributed by atoms with van der Waals surface area (Å²) in [6, 6.07) is 29.8. The number of carbonyl (C=O) groups is 6. The summed E-state index contributed by atoms with van der Waals surface area (Å²) < 4.78 is 21.7. The molecule has 0 radical (unpaired) electrons. The minimum absolute atomic E-state index is 0.119. The average molecular weight is 1260 g/mol. The third-order valence-electron chi connectivity index (χ3n) is 20.8. The Morgan fingerprint density at radius 2 is 0.731 bits per heavy atom. The van der Waals surface area contributed by atoms with Crippen molar-refractivity contribution in [3.8, 4) is 0 Å². The smallest absolute Gasteiger partial charge is 0.311 e. The fourth-order valence-corrected chi connectivity index (χ4v) is 16.6. The Kier molecular flexibility index (Phi) is 19.2. The molecule has 18 nitrogen and oxygen atoms in total. The molecule has 3 saturated carbocycles. The minimum Gasteiger partial charge on any atom is -0.466 e. The summed E-state index contributed by atoms with van der Waals surface area (Å²) in [5.41, 5.74) is 11.7. The number of hydrogen-bond acceptors (Lipinski definition) is 12. The van der Waals surface area contributed by atoms with Crippen LogP contribution in [-0.2, 0) is 86.8 Å². The van der Waals surface area contributed by atoms with Crippen molar-refractivity contribution in [3.05, 3.63) is 195 Å². The van der Waals surface area contributed by atoms with Crippen LogP contribution in [0.15, 0.2) is 127 Å². The maximum absolute atomic E-state index is 13.6. The van der Waals surface area contributed by atoms with Crippen molar-refractivity contribution in [1.82, 2.24) is 45.3 Å². The number of carbonyl (C=O) groups excluding carboxylic acids is 6. The number of benzene rings is 3. The Balaban J connectivity index is 0.000000127. The molecule has 0 saturated heterocycles. The molecule has 486 valence electrons. The third kappa shape index (κ3) is 13.2. The highest BCUT2D eigenvalue weighted by molar-refractivity contribution is 5.97. The van der Waals surface area contributed by atoms with E-state index in [0.29, 0.717) is 56.5 Å². The second-order valence-corrected chi connectivity index (χ2v) is 26.5. The van der Waals surface area contributed by atoms with Gasteiger partial charge < -0.3 is 30.2 Å². The van der Waals surface area contributed by atoms with Gasteiger partial charge in [-0.1, -0.05) is 127 Å². The van der Waals surface area contributed by atoms with Crippen molar-refractivity contribution in [1.29, 1.82) is 0 Å². The van der Waals surface area contributed by atoms with Gasteiger partial charge >= 0.3 is 17.9 Å². The topological polar surface area (TPSA) is 220 Å². The summed E-state index contributed by atoms with van der Waals surface area (Å²) in [5, 5.41) is 24.0. The number of aryl methyl sites for hydroxylation is 2. The van der Waals surface area contributed by atoms with Crippen molar-refractivity contribution in [3.63, 3.8) is 0 Å². The van der Waals surface area contributed by atoms with E-state index in [1.165, 1.54) is 11.3 Å². The number of aromatic nitrogens is 6. The molecule has 12 atom stereocenters. The normalized spacial score (nSPS) is 26.0. The zero-order chi connectivity index (χ0) is 64.1. The van der Waals surface area contributed by atoms with E-state index in [4.69, 9.17) is 29.5 Å². The van der Waals surface area contributed by atoms with Gasteiger partial charge in [0, 0.05) is 40.5 Å². The zero-order valence-corrected chi connectivity index (χ0v) is 53.8.